The number of nitrogens with zero attached hydrogens (tertiary/aromatic N) is 4. The number of aliphatic hydroxyl groups is 1. The van der Waals surface area contributed by atoms with Crippen LogP contribution < -0.4 is 21.3 Å². The molecule has 126 valence electrons. The van der Waals surface area contributed by atoms with Gasteiger partial charge in [0.25, 0.3) is 0 Å². The topological polar surface area (TPSA) is 120 Å². The molecule has 0 aliphatic rings. The van der Waals surface area contributed by atoms with Gasteiger partial charge in [-0.3, -0.25) is 0 Å². The Morgan fingerprint density at radius 2 is 1.43 bits per heavy atom. The van der Waals surface area contributed by atoms with Gasteiger partial charge in [0, 0.05) is 27.2 Å². The van der Waals surface area contributed by atoms with Gasteiger partial charge in [0.2, 0.25) is 11.9 Å². The van der Waals surface area contributed by atoms with Crippen LogP contribution in [0.15, 0.2) is 0 Å². The summed E-state index contributed by atoms with van der Waals surface area (Å²) in [7, 11) is 3.51. The van der Waals surface area contributed by atoms with Gasteiger partial charge in [-0.2, -0.15) is 9.97 Å². The minimum absolute atomic E-state index is 0.367. The fraction of sp³-hybridized carbons (Fsp3) is 0.571. The minimum atomic E-state index is -0.499. The molecule has 1 atom stereocenters. The van der Waals surface area contributed by atoms with E-state index >= 15 is 0 Å². The Morgan fingerprint density at radius 3 is 1.87 bits per heavy atom. The second-order valence-electron chi connectivity index (χ2n) is 5.15. The Morgan fingerprint density at radius 1 is 0.913 bits per heavy atom. The predicted molar refractivity (Wildman–Crippen MR) is 93.2 cm³/mol. The van der Waals surface area contributed by atoms with Crippen molar-refractivity contribution in [1.29, 1.82) is 0 Å². The third-order valence-electron chi connectivity index (χ3n) is 3.10. The van der Waals surface area contributed by atoms with Gasteiger partial charge in [0.15, 0.2) is 11.6 Å². The van der Waals surface area contributed by atoms with E-state index in [1.54, 1.807) is 21.0 Å². The van der Waals surface area contributed by atoms with Crippen LogP contribution in [0.4, 0.5) is 23.5 Å². The molecule has 23 heavy (non-hydrogen) atoms. The third kappa shape index (κ3) is 4.07. The zero-order valence-corrected chi connectivity index (χ0v) is 13.9. The van der Waals surface area contributed by atoms with E-state index in [0.29, 0.717) is 41.1 Å². The number of aliphatic hydroxyl groups excluding tert-OH is 1. The lowest BCUT2D eigenvalue weighted by Crippen LogP contribution is -2.18. The molecular weight excluding hydrogens is 296 g/mol. The number of rotatable bonds is 8. The van der Waals surface area contributed by atoms with Crippen LogP contribution in [-0.2, 0) is 0 Å². The van der Waals surface area contributed by atoms with Gasteiger partial charge >= 0.3 is 0 Å². The van der Waals surface area contributed by atoms with Gasteiger partial charge in [-0.05, 0) is 13.3 Å². The molecule has 0 aromatic carbocycles. The molecule has 2 rings (SSSR count). The van der Waals surface area contributed by atoms with Crippen LogP contribution in [0, 0.1) is 0 Å². The zero-order chi connectivity index (χ0) is 16.8. The van der Waals surface area contributed by atoms with Gasteiger partial charge < -0.3 is 26.4 Å². The Hall–Kier alpha value is -2.42. The predicted octanol–water partition coefficient (Wildman–Crippen LogP) is 1.12. The van der Waals surface area contributed by atoms with Crippen molar-refractivity contribution in [1.82, 2.24) is 19.9 Å². The van der Waals surface area contributed by atoms with E-state index in [4.69, 9.17) is 0 Å². The molecule has 0 spiro atoms. The van der Waals surface area contributed by atoms with E-state index in [0.717, 1.165) is 13.0 Å². The summed E-state index contributed by atoms with van der Waals surface area (Å²) in [6.07, 6.45) is 0.471. The SMILES string of the molecule is CCCNc1nc(NC)nc2c(NC[C@H](C)O)nc(NC)nc12. The molecule has 0 aliphatic carbocycles. The quantitative estimate of drug-likeness (QED) is 0.487. The second kappa shape index (κ2) is 7.73. The molecule has 0 radical (unpaired) electrons. The Bertz CT molecular complexity index is 661. The van der Waals surface area contributed by atoms with E-state index in [2.05, 4.69) is 48.1 Å². The molecule has 0 aliphatic heterocycles. The summed E-state index contributed by atoms with van der Waals surface area (Å²) < 4.78 is 0. The summed E-state index contributed by atoms with van der Waals surface area (Å²) >= 11 is 0. The van der Waals surface area contributed by atoms with Gasteiger partial charge in [-0.1, -0.05) is 6.92 Å². The van der Waals surface area contributed by atoms with Crippen molar-refractivity contribution in [2.45, 2.75) is 26.4 Å². The third-order valence-corrected chi connectivity index (χ3v) is 3.10. The molecule has 0 saturated carbocycles. The maximum atomic E-state index is 9.50. The van der Waals surface area contributed by atoms with Gasteiger partial charge in [0.1, 0.15) is 11.0 Å². The van der Waals surface area contributed by atoms with Gasteiger partial charge in [-0.15, -0.1) is 0 Å². The van der Waals surface area contributed by atoms with Crippen LogP contribution in [0.1, 0.15) is 20.3 Å². The van der Waals surface area contributed by atoms with Gasteiger partial charge in [0.05, 0.1) is 6.10 Å². The number of nitrogens with one attached hydrogen (secondary N) is 4. The minimum Gasteiger partial charge on any atom is -0.392 e. The van der Waals surface area contributed by atoms with Gasteiger partial charge in [-0.25, -0.2) is 9.97 Å². The summed E-state index contributed by atoms with van der Waals surface area (Å²) in [4.78, 5) is 17.8. The first-order chi connectivity index (χ1) is 11.1. The molecule has 9 heteroatoms. The van der Waals surface area contributed by atoms with Crippen molar-refractivity contribution in [3.8, 4) is 0 Å². The molecule has 0 fully saturated rings. The smallest absolute Gasteiger partial charge is 0.225 e. The highest BCUT2D eigenvalue weighted by atomic mass is 16.3. The lowest BCUT2D eigenvalue weighted by atomic mass is 10.3. The van der Waals surface area contributed by atoms with E-state index in [1.807, 2.05) is 0 Å². The monoisotopic (exact) mass is 320 g/mol. The maximum absolute atomic E-state index is 9.50. The molecule has 0 amide bonds. The van der Waals surface area contributed by atoms with Crippen molar-refractivity contribution in [3.63, 3.8) is 0 Å². The molecule has 9 nitrogen and oxygen atoms in total. The number of hydrogen-bond acceptors (Lipinski definition) is 9. The van der Waals surface area contributed by atoms with Crippen LogP contribution in [0.2, 0.25) is 0 Å². The summed E-state index contributed by atoms with van der Waals surface area (Å²) in [6, 6.07) is 0. The molecule has 0 bridgehead atoms. The summed E-state index contributed by atoms with van der Waals surface area (Å²) in [5.41, 5.74) is 1.23. The first-order valence-corrected chi connectivity index (χ1v) is 7.70. The Labute approximate surface area is 135 Å². The standard InChI is InChI=1S/C14H24N8O/c1-5-6-17-11-9-10(20-13(15-3)21-11)12(18-7-8(2)23)22-14(16-4)19-9/h8,23H,5-7H2,1-4H3,(H2,15,17,20,21)(H2,16,18,19,22)/t8-/m0/s1. The Kier molecular flexibility index (Phi) is 5.69. The average molecular weight is 320 g/mol. The molecule has 2 aromatic heterocycles. The lowest BCUT2D eigenvalue weighted by molar-refractivity contribution is 0.208. The molecule has 2 aromatic rings. The van der Waals surface area contributed by atoms with E-state index in [1.165, 1.54) is 0 Å². The van der Waals surface area contributed by atoms with E-state index in [9.17, 15) is 5.11 Å². The van der Waals surface area contributed by atoms with Crippen molar-refractivity contribution >= 4 is 34.6 Å². The zero-order valence-electron chi connectivity index (χ0n) is 13.9. The van der Waals surface area contributed by atoms with Crippen LogP contribution in [0.5, 0.6) is 0 Å². The maximum Gasteiger partial charge on any atom is 0.225 e. The highest BCUT2D eigenvalue weighted by molar-refractivity contribution is 5.94. The van der Waals surface area contributed by atoms with Crippen LogP contribution in [0.25, 0.3) is 11.0 Å². The van der Waals surface area contributed by atoms with Crippen LogP contribution >= 0.6 is 0 Å². The lowest BCUT2D eigenvalue weighted by Gasteiger charge is -2.14. The first kappa shape index (κ1) is 16.9. The van der Waals surface area contributed by atoms with Crippen molar-refractivity contribution < 1.29 is 5.11 Å². The fourth-order valence-corrected chi connectivity index (χ4v) is 1.97. The number of fused-ring (bicyclic) bond motifs is 1. The number of aromatic nitrogens is 4. The summed E-state index contributed by atoms with van der Waals surface area (Å²) in [5.74, 6) is 2.15. The number of anilines is 4. The highest BCUT2D eigenvalue weighted by Gasteiger charge is 2.15. The van der Waals surface area contributed by atoms with Crippen molar-refractivity contribution in [2.75, 3.05) is 48.5 Å². The molecule has 2 heterocycles. The van der Waals surface area contributed by atoms with Crippen molar-refractivity contribution in [3.05, 3.63) is 0 Å². The average Bonchev–Trinajstić information content (AvgIpc) is 2.56. The summed E-state index contributed by atoms with van der Waals surface area (Å²) in [5, 5.41) is 21.8. The molecule has 0 saturated heterocycles. The van der Waals surface area contributed by atoms with E-state index < -0.39 is 6.10 Å². The molecule has 0 unspecified atom stereocenters. The first-order valence-electron chi connectivity index (χ1n) is 7.70. The highest BCUT2D eigenvalue weighted by Crippen LogP contribution is 2.26. The fourth-order valence-electron chi connectivity index (χ4n) is 1.97. The van der Waals surface area contributed by atoms with Crippen LogP contribution in [0.3, 0.4) is 0 Å². The molecular formula is C14H24N8O. The summed E-state index contributed by atoms with van der Waals surface area (Å²) in [6.45, 7) is 4.94. The Balaban J connectivity index is 2.58. The number of hydrogen-bond donors (Lipinski definition) is 5. The largest absolute Gasteiger partial charge is 0.392 e. The molecule has 5 N–H and O–H groups in total. The van der Waals surface area contributed by atoms with Crippen molar-refractivity contribution in [2.24, 2.45) is 0 Å². The second-order valence-corrected chi connectivity index (χ2v) is 5.15. The normalized spacial score (nSPS) is 12.0. The van der Waals surface area contributed by atoms with Crippen LogP contribution in [-0.4, -0.2) is 58.3 Å². The van der Waals surface area contributed by atoms with E-state index in [-0.39, 0.29) is 0 Å².